The molecule has 3 heteroatoms. The molecule has 0 saturated heterocycles. The molecule has 0 N–H and O–H groups in total. The summed E-state index contributed by atoms with van der Waals surface area (Å²) in [5.41, 5.74) is 0.509. The molecule has 0 saturated carbocycles. The third kappa shape index (κ3) is 3.26. The SMILES string of the molecule is CC(C)(CCl)Cc1cc(F)cc(F)c1. The van der Waals surface area contributed by atoms with Crippen LogP contribution in [0.2, 0.25) is 0 Å². The highest BCUT2D eigenvalue weighted by Crippen LogP contribution is 2.24. The van der Waals surface area contributed by atoms with E-state index in [0.29, 0.717) is 17.9 Å². The van der Waals surface area contributed by atoms with Crippen molar-refractivity contribution in [1.29, 1.82) is 0 Å². The van der Waals surface area contributed by atoms with Gasteiger partial charge in [-0.3, -0.25) is 0 Å². The second-order valence-electron chi connectivity index (χ2n) is 4.25. The molecule has 0 aliphatic rings. The van der Waals surface area contributed by atoms with Crippen molar-refractivity contribution in [2.75, 3.05) is 5.88 Å². The molecule has 14 heavy (non-hydrogen) atoms. The Kier molecular flexibility index (Phi) is 3.48. The molecule has 1 aromatic rings. The van der Waals surface area contributed by atoms with Gasteiger partial charge in [0.2, 0.25) is 0 Å². The molecule has 0 aliphatic carbocycles. The van der Waals surface area contributed by atoms with E-state index in [4.69, 9.17) is 11.6 Å². The van der Waals surface area contributed by atoms with Crippen molar-refractivity contribution >= 4 is 11.6 Å². The minimum Gasteiger partial charge on any atom is -0.207 e. The standard InChI is InChI=1S/C11H13ClF2/c1-11(2,7-12)6-8-3-9(13)5-10(14)4-8/h3-5H,6-7H2,1-2H3. The third-order valence-electron chi connectivity index (χ3n) is 1.97. The average molecular weight is 219 g/mol. The van der Waals surface area contributed by atoms with Crippen LogP contribution in [-0.4, -0.2) is 5.88 Å². The molecule has 0 spiro atoms. The zero-order chi connectivity index (χ0) is 10.8. The maximum absolute atomic E-state index is 12.8. The molecule has 0 amide bonds. The highest BCUT2D eigenvalue weighted by molar-refractivity contribution is 6.18. The van der Waals surface area contributed by atoms with Crippen LogP contribution in [0.1, 0.15) is 19.4 Å². The Hall–Kier alpha value is -0.630. The van der Waals surface area contributed by atoms with E-state index in [1.165, 1.54) is 12.1 Å². The van der Waals surface area contributed by atoms with Gasteiger partial charge in [-0.15, -0.1) is 11.6 Å². The van der Waals surface area contributed by atoms with Gasteiger partial charge in [0.15, 0.2) is 0 Å². The van der Waals surface area contributed by atoms with Gasteiger partial charge < -0.3 is 0 Å². The molecule has 0 nitrogen and oxygen atoms in total. The molecule has 1 rings (SSSR count). The van der Waals surface area contributed by atoms with E-state index < -0.39 is 11.6 Å². The van der Waals surface area contributed by atoms with Crippen LogP contribution in [0.25, 0.3) is 0 Å². The van der Waals surface area contributed by atoms with Crippen molar-refractivity contribution in [3.63, 3.8) is 0 Å². The molecule has 0 aliphatic heterocycles. The van der Waals surface area contributed by atoms with Crippen molar-refractivity contribution in [2.24, 2.45) is 5.41 Å². The molecule has 0 heterocycles. The van der Waals surface area contributed by atoms with Crippen LogP contribution in [0.3, 0.4) is 0 Å². The van der Waals surface area contributed by atoms with Crippen molar-refractivity contribution in [1.82, 2.24) is 0 Å². The number of halogens is 3. The Morgan fingerprint density at radius 2 is 1.64 bits per heavy atom. The Balaban J connectivity index is 2.87. The first kappa shape index (κ1) is 11.4. The van der Waals surface area contributed by atoms with Gasteiger partial charge in [-0.05, 0) is 29.5 Å². The summed E-state index contributed by atoms with van der Waals surface area (Å²) in [5.74, 6) is -0.610. The Morgan fingerprint density at radius 3 is 2.07 bits per heavy atom. The number of benzene rings is 1. The lowest BCUT2D eigenvalue weighted by atomic mass is 9.88. The predicted octanol–water partition coefficient (Wildman–Crippen LogP) is 3.77. The van der Waals surface area contributed by atoms with Gasteiger partial charge in [0, 0.05) is 11.9 Å². The van der Waals surface area contributed by atoms with E-state index in [9.17, 15) is 8.78 Å². The van der Waals surface area contributed by atoms with E-state index >= 15 is 0 Å². The third-order valence-corrected chi connectivity index (χ3v) is 2.69. The van der Waals surface area contributed by atoms with E-state index in [0.717, 1.165) is 6.07 Å². The van der Waals surface area contributed by atoms with Gasteiger partial charge in [-0.1, -0.05) is 13.8 Å². The summed E-state index contributed by atoms with van der Waals surface area (Å²) in [6, 6.07) is 3.56. The van der Waals surface area contributed by atoms with Crippen LogP contribution in [0.4, 0.5) is 8.78 Å². The summed E-state index contributed by atoms with van der Waals surface area (Å²) in [6.45, 7) is 3.92. The fraction of sp³-hybridized carbons (Fsp3) is 0.455. The van der Waals surface area contributed by atoms with Crippen LogP contribution in [0, 0.1) is 17.0 Å². The summed E-state index contributed by atoms with van der Waals surface area (Å²) >= 11 is 5.74. The molecule has 0 radical (unpaired) electrons. The van der Waals surface area contributed by atoms with Crippen LogP contribution >= 0.6 is 11.6 Å². The van der Waals surface area contributed by atoms with E-state index in [1.807, 2.05) is 13.8 Å². The molecule has 0 unspecified atom stereocenters. The quantitative estimate of drug-likeness (QED) is 0.678. The smallest absolute Gasteiger partial charge is 0.126 e. The fourth-order valence-corrected chi connectivity index (χ4v) is 1.41. The summed E-state index contributed by atoms with van der Waals surface area (Å²) in [6.07, 6.45) is 0.575. The van der Waals surface area contributed by atoms with E-state index in [1.54, 1.807) is 0 Å². The van der Waals surface area contributed by atoms with Crippen LogP contribution in [-0.2, 0) is 6.42 Å². The second-order valence-corrected chi connectivity index (χ2v) is 4.52. The molecular formula is C11H13ClF2. The van der Waals surface area contributed by atoms with Crippen LogP contribution in [0.5, 0.6) is 0 Å². The molecule has 1 aromatic carbocycles. The second kappa shape index (κ2) is 4.26. The maximum atomic E-state index is 12.8. The maximum Gasteiger partial charge on any atom is 0.126 e. The predicted molar refractivity (Wildman–Crippen MR) is 54.6 cm³/mol. The Morgan fingerprint density at radius 1 is 1.14 bits per heavy atom. The Bertz CT molecular complexity index is 301. The molecule has 0 aromatic heterocycles. The van der Waals surface area contributed by atoms with Gasteiger partial charge in [0.25, 0.3) is 0 Å². The highest BCUT2D eigenvalue weighted by atomic mass is 35.5. The molecule has 78 valence electrons. The summed E-state index contributed by atoms with van der Waals surface area (Å²) in [7, 11) is 0. The van der Waals surface area contributed by atoms with Crippen LogP contribution < -0.4 is 0 Å². The van der Waals surface area contributed by atoms with Crippen molar-refractivity contribution < 1.29 is 8.78 Å². The number of hydrogen-bond acceptors (Lipinski definition) is 0. The topological polar surface area (TPSA) is 0 Å². The van der Waals surface area contributed by atoms with Crippen molar-refractivity contribution in [3.8, 4) is 0 Å². The van der Waals surface area contributed by atoms with Gasteiger partial charge in [-0.2, -0.15) is 0 Å². The molecule has 0 fully saturated rings. The van der Waals surface area contributed by atoms with E-state index in [-0.39, 0.29) is 5.41 Å². The Labute approximate surface area is 87.9 Å². The first-order chi connectivity index (χ1) is 6.43. The molecule has 0 bridgehead atoms. The minimum absolute atomic E-state index is 0.137. The summed E-state index contributed by atoms with van der Waals surface area (Å²) in [4.78, 5) is 0. The zero-order valence-electron chi connectivity index (χ0n) is 8.28. The lowest BCUT2D eigenvalue weighted by Gasteiger charge is -2.21. The molecule has 0 atom stereocenters. The number of alkyl halides is 1. The van der Waals surface area contributed by atoms with E-state index in [2.05, 4.69) is 0 Å². The zero-order valence-corrected chi connectivity index (χ0v) is 9.04. The first-order valence-corrected chi connectivity index (χ1v) is 4.97. The van der Waals surface area contributed by atoms with Gasteiger partial charge in [-0.25, -0.2) is 8.78 Å². The average Bonchev–Trinajstić information content (AvgIpc) is 2.01. The summed E-state index contributed by atoms with van der Waals surface area (Å²) < 4.78 is 25.7. The first-order valence-electron chi connectivity index (χ1n) is 4.44. The monoisotopic (exact) mass is 218 g/mol. The van der Waals surface area contributed by atoms with Crippen LogP contribution in [0.15, 0.2) is 18.2 Å². The normalized spacial score (nSPS) is 11.8. The lowest BCUT2D eigenvalue weighted by molar-refractivity contribution is 0.416. The summed E-state index contributed by atoms with van der Waals surface area (Å²) in [5, 5.41) is 0. The van der Waals surface area contributed by atoms with Gasteiger partial charge >= 0.3 is 0 Å². The molecular weight excluding hydrogens is 206 g/mol. The number of rotatable bonds is 3. The lowest BCUT2D eigenvalue weighted by Crippen LogP contribution is -2.16. The van der Waals surface area contributed by atoms with Crippen molar-refractivity contribution in [2.45, 2.75) is 20.3 Å². The fourth-order valence-electron chi connectivity index (χ4n) is 1.31. The van der Waals surface area contributed by atoms with Gasteiger partial charge in [0.05, 0.1) is 0 Å². The number of hydrogen-bond donors (Lipinski definition) is 0. The highest BCUT2D eigenvalue weighted by Gasteiger charge is 2.17. The largest absolute Gasteiger partial charge is 0.207 e. The van der Waals surface area contributed by atoms with Gasteiger partial charge in [0.1, 0.15) is 11.6 Å². The minimum atomic E-state index is -0.537. The van der Waals surface area contributed by atoms with Crippen molar-refractivity contribution in [3.05, 3.63) is 35.4 Å².